The van der Waals surface area contributed by atoms with Crippen molar-refractivity contribution in [1.29, 1.82) is 5.26 Å². The summed E-state index contributed by atoms with van der Waals surface area (Å²) in [5.74, 6) is 0.0413. The molecule has 2 N–H and O–H groups in total. The number of aromatic nitrogens is 1. The lowest BCUT2D eigenvalue weighted by Crippen LogP contribution is -2.35. The van der Waals surface area contributed by atoms with E-state index in [0.29, 0.717) is 29.1 Å². The molecule has 0 aliphatic heterocycles. The lowest BCUT2D eigenvalue weighted by atomic mass is 9.75. The summed E-state index contributed by atoms with van der Waals surface area (Å²) in [6.45, 7) is 4.78. The highest BCUT2D eigenvalue weighted by Gasteiger charge is 2.34. The summed E-state index contributed by atoms with van der Waals surface area (Å²) in [5, 5.41) is 15.5. The molecule has 0 amide bonds. The molecule has 1 aliphatic rings. The second-order valence-corrected chi connectivity index (χ2v) is 8.06. The quantitative estimate of drug-likeness (QED) is 0.748. The van der Waals surface area contributed by atoms with Crippen molar-refractivity contribution < 1.29 is 4.79 Å². The zero-order valence-corrected chi connectivity index (χ0v) is 16.8. The molecule has 1 aliphatic carbocycles. The normalized spacial score (nSPS) is 15.7. The van der Waals surface area contributed by atoms with Gasteiger partial charge in [0, 0.05) is 36.7 Å². The molecule has 28 heavy (non-hydrogen) atoms. The van der Waals surface area contributed by atoms with Crippen molar-refractivity contribution in [2.75, 3.05) is 5.32 Å². The number of carbonyl (C=O) groups is 1. The van der Waals surface area contributed by atoms with E-state index in [1.54, 1.807) is 36.7 Å². The van der Waals surface area contributed by atoms with Crippen molar-refractivity contribution in [3.8, 4) is 6.07 Å². The predicted molar refractivity (Wildman–Crippen MR) is 114 cm³/mol. The van der Waals surface area contributed by atoms with Crippen LogP contribution in [0.3, 0.4) is 0 Å². The van der Waals surface area contributed by atoms with Crippen LogP contribution in [0.15, 0.2) is 60.1 Å². The van der Waals surface area contributed by atoms with Crippen LogP contribution in [0.25, 0.3) is 0 Å². The number of hydrogen-bond donors (Lipinski definition) is 2. The van der Waals surface area contributed by atoms with Gasteiger partial charge in [0.15, 0.2) is 5.78 Å². The van der Waals surface area contributed by atoms with Gasteiger partial charge in [0.2, 0.25) is 0 Å². The average molecular weight is 391 g/mol. The maximum absolute atomic E-state index is 12.9. The number of pyridine rings is 1. The lowest BCUT2D eigenvalue weighted by molar-refractivity contribution is -0.117. The van der Waals surface area contributed by atoms with E-state index in [-0.39, 0.29) is 11.2 Å². The number of carbonyl (C=O) groups excluding carboxylic acids is 1. The third-order valence-corrected chi connectivity index (χ3v) is 4.94. The molecule has 1 heterocycles. The maximum Gasteiger partial charge on any atom is 0.168 e. The van der Waals surface area contributed by atoms with Crippen LogP contribution >= 0.6 is 12.2 Å². The summed E-state index contributed by atoms with van der Waals surface area (Å²) >= 11 is 5.57. The van der Waals surface area contributed by atoms with Crippen LogP contribution in [0.5, 0.6) is 0 Å². The molecule has 0 spiro atoms. The largest absolute Gasteiger partial charge is 0.384 e. The monoisotopic (exact) mass is 390 g/mol. The highest BCUT2D eigenvalue weighted by Crippen LogP contribution is 2.36. The highest BCUT2D eigenvalue weighted by molar-refractivity contribution is 7.81. The fourth-order valence-electron chi connectivity index (χ4n) is 3.27. The SMILES string of the molecule is CC1(C)CC(=O)C(C(=S)Nc2ccc(C#N)cc2)=C(NCc2ccncc2)C1. The van der Waals surface area contributed by atoms with Crippen LogP contribution in [0.1, 0.15) is 37.8 Å². The molecule has 0 fully saturated rings. The van der Waals surface area contributed by atoms with Crippen molar-refractivity contribution in [3.05, 3.63) is 71.2 Å². The van der Waals surface area contributed by atoms with Gasteiger partial charge >= 0.3 is 0 Å². The average Bonchev–Trinajstić information content (AvgIpc) is 2.66. The first-order valence-electron chi connectivity index (χ1n) is 9.08. The van der Waals surface area contributed by atoms with Crippen LogP contribution in [0.4, 0.5) is 5.69 Å². The van der Waals surface area contributed by atoms with Gasteiger partial charge in [0.25, 0.3) is 0 Å². The number of ketones is 1. The number of rotatable bonds is 5. The number of hydrogen-bond acceptors (Lipinski definition) is 5. The molecular weight excluding hydrogens is 368 g/mol. The standard InChI is InChI=1S/C22H22N4OS/c1-22(2)11-18(25-14-16-7-9-24-10-8-16)20(19(27)12-22)21(28)26-17-5-3-15(13-23)4-6-17/h3-10,25H,11-12,14H2,1-2H3,(H,26,28). The van der Waals surface area contributed by atoms with Gasteiger partial charge in [-0.2, -0.15) is 5.26 Å². The van der Waals surface area contributed by atoms with Crippen molar-refractivity contribution in [1.82, 2.24) is 10.3 Å². The third kappa shape index (κ3) is 4.81. The van der Waals surface area contributed by atoms with E-state index in [0.717, 1.165) is 23.4 Å². The molecule has 1 aromatic carbocycles. The number of Topliss-reactive ketones (excluding diaryl/α,β-unsaturated/α-hetero) is 1. The summed E-state index contributed by atoms with van der Waals surface area (Å²) in [6, 6.07) is 13.0. The summed E-state index contributed by atoms with van der Waals surface area (Å²) in [4.78, 5) is 17.3. The van der Waals surface area contributed by atoms with Gasteiger partial charge in [-0.3, -0.25) is 9.78 Å². The van der Waals surface area contributed by atoms with Crippen molar-refractivity contribution >= 4 is 28.7 Å². The molecule has 0 unspecified atom stereocenters. The third-order valence-electron chi connectivity index (χ3n) is 4.63. The predicted octanol–water partition coefficient (Wildman–Crippen LogP) is 4.13. The van der Waals surface area contributed by atoms with Crippen LogP contribution in [0, 0.1) is 16.7 Å². The summed E-state index contributed by atoms with van der Waals surface area (Å²) < 4.78 is 0. The van der Waals surface area contributed by atoms with E-state index >= 15 is 0 Å². The minimum atomic E-state index is -0.120. The topological polar surface area (TPSA) is 77.8 Å². The molecule has 142 valence electrons. The lowest BCUT2D eigenvalue weighted by Gasteiger charge is -2.33. The Morgan fingerprint density at radius 1 is 1.18 bits per heavy atom. The van der Waals surface area contributed by atoms with E-state index < -0.39 is 0 Å². The molecule has 2 aromatic rings. The zero-order chi connectivity index (χ0) is 20.1. The molecule has 0 radical (unpaired) electrons. The van der Waals surface area contributed by atoms with Gasteiger partial charge < -0.3 is 10.6 Å². The first-order valence-corrected chi connectivity index (χ1v) is 9.49. The van der Waals surface area contributed by atoms with Gasteiger partial charge in [-0.05, 0) is 53.8 Å². The van der Waals surface area contributed by atoms with Gasteiger partial charge in [-0.1, -0.05) is 26.1 Å². The highest BCUT2D eigenvalue weighted by atomic mass is 32.1. The Morgan fingerprint density at radius 2 is 1.86 bits per heavy atom. The summed E-state index contributed by atoms with van der Waals surface area (Å²) in [5.41, 5.74) is 3.71. The van der Waals surface area contributed by atoms with E-state index in [2.05, 4.69) is 35.5 Å². The first-order chi connectivity index (χ1) is 13.4. The Bertz CT molecular complexity index is 956. The van der Waals surface area contributed by atoms with Crippen LogP contribution in [-0.2, 0) is 11.3 Å². The molecule has 5 nitrogen and oxygen atoms in total. The Balaban J connectivity index is 1.84. The summed E-state index contributed by atoms with van der Waals surface area (Å²) in [7, 11) is 0. The number of anilines is 1. The number of allylic oxidation sites excluding steroid dienone is 1. The minimum absolute atomic E-state index is 0.0413. The van der Waals surface area contributed by atoms with Gasteiger partial charge in [0.05, 0.1) is 17.2 Å². The van der Waals surface area contributed by atoms with E-state index in [4.69, 9.17) is 17.5 Å². The summed E-state index contributed by atoms with van der Waals surface area (Å²) in [6.07, 6.45) is 4.70. The molecule has 0 bridgehead atoms. The van der Waals surface area contributed by atoms with E-state index in [1.807, 2.05) is 12.1 Å². The Hall–Kier alpha value is -3.04. The first kappa shape index (κ1) is 19.7. The van der Waals surface area contributed by atoms with Crippen LogP contribution in [-0.4, -0.2) is 15.8 Å². The number of thiocarbonyl (C=S) groups is 1. The zero-order valence-electron chi connectivity index (χ0n) is 16.0. The van der Waals surface area contributed by atoms with Gasteiger partial charge in [-0.15, -0.1) is 0 Å². The number of nitriles is 1. The van der Waals surface area contributed by atoms with Gasteiger partial charge in [-0.25, -0.2) is 0 Å². The number of nitrogens with zero attached hydrogens (tertiary/aromatic N) is 2. The Labute approximate surface area is 170 Å². The van der Waals surface area contributed by atoms with Crippen molar-refractivity contribution in [2.45, 2.75) is 33.2 Å². The van der Waals surface area contributed by atoms with Crippen molar-refractivity contribution in [3.63, 3.8) is 0 Å². The van der Waals surface area contributed by atoms with Crippen LogP contribution < -0.4 is 10.6 Å². The smallest absolute Gasteiger partial charge is 0.168 e. The second-order valence-electron chi connectivity index (χ2n) is 7.65. The minimum Gasteiger partial charge on any atom is -0.384 e. The van der Waals surface area contributed by atoms with E-state index in [1.165, 1.54) is 0 Å². The Kier molecular flexibility index (Phi) is 5.86. The molecule has 6 heteroatoms. The Morgan fingerprint density at radius 3 is 2.50 bits per heavy atom. The number of benzene rings is 1. The molecule has 0 saturated heterocycles. The van der Waals surface area contributed by atoms with Crippen molar-refractivity contribution in [2.24, 2.45) is 5.41 Å². The molecule has 0 saturated carbocycles. The molecule has 3 rings (SSSR count). The molecular formula is C22H22N4OS. The maximum atomic E-state index is 12.9. The van der Waals surface area contributed by atoms with Crippen LogP contribution in [0.2, 0.25) is 0 Å². The molecule has 1 aromatic heterocycles. The van der Waals surface area contributed by atoms with Gasteiger partial charge in [0.1, 0.15) is 4.99 Å². The number of nitrogens with one attached hydrogen (secondary N) is 2. The molecule has 0 atom stereocenters. The second kappa shape index (κ2) is 8.32. The fourth-order valence-corrected chi connectivity index (χ4v) is 3.62. The fraction of sp³-hybridized carbons (Fsp3) is 0.273. The van der Waals surface area contributed by atoms with E-state index in [9.17, 15) is 4.79 Å².